The molecule has 1 aliphatic heterocycles. The van der Waals surface area contributed by atoms with Gasteiger partial charge >= 0.3 is 18.0 Å². The van der Waals surface area contributed by atoms with Crippen molar-refractivity contribution in [1.82, 2.24) is 15.0 Å². The second-order valence-electron chi connectivity index (χ2n) is 9.18. The Kier molecular flexibility index (Phi) is 8.15. The molecule has 0 unspecified atom stereocenters. The number of aliphatic carboxylic acids is 1. The minimum Gasteiger partial charge on any atom is -0.491 e. The number of para-hydroxylation sites is 2. The Morgan fingerprint density at radius 2 is 1.92 bits per heavy atom. The number of hydrogen-bond acceptors (Lipinski definition) is 10. The van der Waals surface area contributed by atoms with Crippen LogP contribution in [0.3, 0.4) is 0 Å². The zero-order valence-electron chi connectivity index (χ0n) is 21.6. The van der Waals surface area contributed by atoms with Crippen LogP contribution in [0.2, 0.25) is 0 Å². The van der Waals surface area contributed by atoms with E-state index in [0.717, 1.165) is 10.6 Å². The van der Waals surface area contributed by atoms with Crippen LogP contribution >= 0.6 is 11.3 Å². The quantitative estimate of drug-likeness (QED) is 0.343. The Morgan fingerprint density at radius 1 is 1.13 bits per heavy atom. The van der Waals surface area contributed by atoms with Gasteiger partial charge in [0.1, 0.15) is 11.6 Å². The van der Waals surface area contributed by atoms with Crippen molar-refractivity contribution in [3.8, 4) is 17.6 Å². The van der Waals surface area contributed by atoms with Gasteiger partial charge in [-0.25, -0.2) is 9.78 Å². The Balaban J connectivity index is 1.38. The topological polar surface area (TPSA) is 148 Å². The zero-order valence-corrected chi connectivity index (χ0v) is 22.4. The van der Waals surface area contributed by atoms with Crippen LogP contribution in [-0.4, -0.2) is 59.4 Å². The second kappa shape index (κ2) is 11.5. The number of methoxy groups -OCH3 is 2. The molecule has 0 radical (unpaired) electrons. The highest BCUT2D eigenvalue weighted by molar-refractivity contribution is 7.15. The summed E-state index contributed by atoms with van der Waals surface area (Å²) in [5.74, 6) is 0.658. The van der Waals surface area contributed by atoms with Crippen LogP contribution in [0.4, 0.5) is 21.4 Å². The van der Waals surface area contributed by atoms with Gasteiger partial charge in [-0.3, -0.25) is 10.1 Å². The van der Waals surface area contributed by atoms with Crippen molar-refractivity contribution in [2.75, 3.05) is 42.9 Å². The molecule has 3 N–H and O–H groups in total. The molecule has 3 heterocycles. The third kappa shape index (κ3) is 6.40. The number of ether oxygens (including phenoxy) is 3. The SMILES string of the molecule is COc1cc(N2CCc3nc(NC(=O)Nc4ccccc4OCCC(C)(C)C(=O)O)sc3C2)nc(OC)n1. The maximum Gasteiger partial charge on any atom is 0.325 e. The fourth-order valence-corrected chi connectivity index (χ4v) is 4.68. The summed E-state index contributed by atoms with van der Waals surface area (Å²) in [4.78, 5) is 40.3. The Bertz CT molecular complexity index is 1290. The number of fused-ring (bicyclic) bond motifs is 1. The van der Waals surface area contributed by atoms with E-state index in [1.54, 1.807) is 44.2 Å². The maximum absolute atomic E-state index is 12.8. The molecule has 2 aromatic heterocycles. The third-order valence-corrected chi connectivity index (χ3v) is 7.03. The van der Waals surface area contributed by atoms with Crippen LogP contribution in [0.5, 0.6) is 17.6 Å². The summed E-state index contributed by atoms with van der Waals surface area (Å²) in [6.45, 7) is 4.74. The molecule has 0 saturated carbocycles. The van der Waals surface area contributed by atoms with E-state index in [4.69, 9.17) is 14.2 Å². The Labute approximate surface area is 224 Å². The molecule has 0 spiro atoms. The van der Waals surface area contributed by atoms with Crippen molar-refractivity contribution >= 4 is 40.0 Å². The lowest BCUT2D eigenvalue weighted by molar-refractivity contribution is -0.147. The van der Waals surface area contributed by atoms with Crippen LogP contribution < -0.4 is 29.7 Å². The van der Waals surface area contributed by atoms with Gasteiger partial charge in [0.25, 0.3) is 0 Å². The molecule has 202 valence electrons. The van der Waals surface area contributed by atoms with E-state index in [1.165, 1.54) is 25.6 Å². The van der Waals surface area contributed by atoms with Gasteiger partial charge in [0.2, 0.25) is 5.88 Å². The van der Waals surface area contributed by atoms with Crippen LogP contribution in [0.15, 0.2) is 30.3 Å². The average molecular weight is 543 g/mol. The number of benzene rings is 1. The van der Waals surface area contributed by atoms with Gasteiger partial charge in [-0.05, 0) is 32.4 Å². The van der Waals surface area contributed by atoms with Gasteiger partial charge in [-0.1, -0.05) is 23.5 Å². The number of amides is 2. The van der Waals surface area contributed by atoms with E-state index in [1.807, 2.05) is 0 Å². The number of aromatic nitrogens is 3. The Hall–Kier alpha value is -4.13. The molecule has 1 aromatic carbocycles. The summed E-state index contributed by atoms with van der Waals surface area (Å²) in [6.07, 6.45) is 1.01. The van der Waals surface area contributed by atoms with Crippen LogP contribution in [0, 0.1) is 5.41 Å². The third-order valence-electron chi connectivity index (χ3n) is 6.03. The van der Waals surface area contributed by atoms with Gasteiger partial charge < -0.3 is 29.5 Å². The first-order chi connectivity index (χ1) is 18.2. The van der Waals surface area contributed by atoms with E-state index >= 15 is 0 Å². The van der Waals surface area contributed by atoms with Crippen molar-refractivity contribution in [1.29, 1.82) is 0 Å². The molecule has 0 saturated heterocycles. The number of nitrogens with one attached hydrogen (secondary N) is 2. The first-order valence-corrected chi connectivity index (χ1v) is 12.7. The number of carbonyl (C=O) groups excluding carboxylic acids is 1. The number of carboxylic acid groups (broad SMARTS) is 1. The van der Waals surface area contributed by atoms with Crippen molar-refractivity contribution in [3.63, 3.8) is 0 Å². The molecule has 38 heavy (non-hydrogen) atoms. The van der Waals surface area contributed by atoms with E-state index in [-0.39, 0.29) is 12.6 Å². The van der Waals surface area contributed by atoms with Crippen molar-refractivity contribution in [2.45, 2.75) is 33.2 Å². The smallest absolute Gasteiger partial charge is 0.325 e. The number of rotatable bonds is 10. The van der Waals surface area contributed by atoms with Crippen molar-refractivity contribution in [2.24, 2.45) is 5.41 Å². The first kappa shape index (κ1) is 26.9. The number of hydrogen-bond donors (Lipinski definition) is 3. The molecular formula is C25H30N6O6S. The number of nitrogens with zero attached hydrogens (tertiary/aromatic N) is 4. The van der Waals surface area contributed by atoms with Gasteiger partial charge in [-0.15, -0.1) is 0 Å². The normalized spacial score (nSPS) is 12.9. The van der Waals surface area contributed by atoms with E-state index < -0.39 is 17.4 Å². The number of anilines is 3. The highest BCUT2D eigenvalue weighted by atomic mass is 32.1. The maximum atomic E-state index is 12.8. The number of carboxylic acids is 1. The molecule has 0 atom stereocenters. The molecule has 13 heteroatoms. The van der Waals surface area contributed by atoms with Crippen LogP contribution in [-0.2, 0) is 17.8 Å². The molecule has 2 amide bonds. The van der Waals surface area contributed by atoms with Gasteiger partial charge in [0.05, 0.1) is 44.2 Å². The number of carbonyl (C=O) groups is 2. The van der Waals surface area contributed by atoms with E-state index in [9.17, 15) is 14.7 Å². The van der Waals surface area contributed by atoms with E-state index in [0.29, 0.717) is 54.2 Å². The second-order valence-corrected chi connectivity index (χ2v) is 10.3. The highest BCUT2D eigenvalue weighted by Crippen LogP contribution is 2.32. The summed E-state index contributed by atoms with van der Waals surface area (Å²) in [5.41, 5.74) is 0.488. The molecule has 0 bridgehead atoms. The van der Waals surface area contributed by atoms with Crippen molar-refractivity contribution in [3.05, 3.63) is 40.9 Å². The van der Waals surface area contributed by atoms with Crippen molar-refractivity contribution < 1.29 is 28.9 Å². The summed E-state index contributed by atoms with van der Waals surface area (Å²) < 4.78 is 16.2. The summed E-state index contributed by atoms with van der Waals surface area (Å²) in [5, 5.41) is 15.4. The molecular weight excluding hydrogens is 512 g/mol. The minimum atomic E-state index is -0.912. The molecule has 0 fully saturated rings. The van der Waals surface area contributed by atoms with Crippen LogP contribution in [0.25, 0.3) is 0 Å². The number of urea groups is 1. The Morgan fingerprint density at radius 3 is 2.66 bits per heavy atom. The summed E-state index contributed by atoms with van der Waals surface area (Å²) >= 11 is 1.40. The molecule has 4 rings (SSSR count). The zero-order chi connectivity index (χ0) is 27.3. The van der Waals surface area contributed by atoms with E-state index in [2.05, 4.69) is 30.5 Å². The van der Waals surface area contributed by atoms with Gasteiger partial charge in [0, 0.05) is 23.9 Å². The number of thiazole rings is 1. The fourth-order valence-electron chi connectivity index (χ4n) is 3.66. The lowest BCUT2D eigenvalue weighted by Crippen LogP contribution is -2.30. The lowest BCUT2D eigenvalue weighted by Gasteiger charge is -2.27. The van der Waals surface area contributed by atoms with Crippen LogP contribution in [0.1, 0.15) is 30.8 Å². The van der Waals surface area contributed by atoms with Gasteiger partial charge in [0.15, 0.2) is 5.13 Å². The largest absolute Gasteiger partial charge is 0.491 e. The predicted octanol–water partition coefficient (Wildman–Crippen LogP) is 4.04. The standard InChI is InChI=1S/C25H30N6O6S/c1-25(2,21(32)33)10-12-37-17-8-6-5-7-15(17)26-22(34)30-24-27-16-9-11-31(14-18(16)38-24)19-13-20(35-3)29-23(28-19)36-4/h5-8,13H,9-12,14H2,1-4H3,(H,32,33)(H2,26,27,30,34). The molecule has 1 aliphatic rings. The fraction of sp³-hybridized carbons (Fsp3) is 0.400. The molecule has 12 nitrogen and oxygen atoms in total. The average Bonchev–Trinajstić information content (AvgIpc) is 3.30. The summed E-state index contributed by atoms with van der Waals surface area (Å²) in [6, 6.07) is 8.51. The summed E-state index contributed by atoms with van der Waals surface area (Å²) in [7, 11) is 3.04. The predicted molar refractivity (Wildman–Crippen MR) is 143 cm³/mol. The minimum absolute atomic E-state index is 0.194. The molecule has 3 aromatic rings. The lowest BCUT2D eigenvalue weighted by atomic mass is 9.90. The molecule has 0 aliphatic carbocycles. The first-order valence-electron chi connectivity index (χ1n) is 11.9. The van der Waals surface area contributed by atoms with Gasteiger partial charge in [-0.2, -0.15) is 9.97 Å². The highest BCUT2D eigenvalue weighted by Gasteiger charge is 2.27. The monoisotopic (exact) mass is 542 g/mol.